The first kappa shape index (κ1) is 16.0. The summed E-state index contributed by atoms with van der Waals surface area (Å²) in [5, 5.41) is 18.7. The van der Waals surface area contributed by atoms with E-state index in [0.29, 0.717) is 24.2 Å². The molecule has 0 radical (unpaired) electrons. The number of hydrogen-bond acceptors (Lipinski definition) is 8. The van der Waals surface area contributed by atoms with Crippen molar-refractivity contribution in [3.05, 3.63) is 47.4 Å². The van der Waals surface area contributed by atoms with Crippen molar-refractivity contribution in [1.29, 1.82) is 5.26 Å². The van der Waals surface area contributed by atoms with Crippen LogP contribution >= 0.6 is 0 Å². The highest BCUT2D eigenvalue weighted by Crippen LogP contribution is 2.29. The quantitative estimate of drug-likeness (QED) is 0.723. The van der Waals surface area contributed by atoms with Gasteiger partial charge in [0.25, 0.3) is 0 Å². The SMILES string of the molecule is N#CCc1ccc(Nc2nc3c(c(Nc4ncno4)n2)CCCC3)cc1. The fraction of sp³-hybridized carbons (Fsp3) is 0.278. The van der Waals surface area contributed by atoms with Gasteiger partial charge < -0.3 is 9.84 Å². The largest absolute Gasteiger partial charge is 0.326 e. The van der Waals surface area contributed by atoms with Crippen LogP contribution in [0.15, 0.2) is 35.1 Å². The number of aromatic nitrogens is 4. The minimum absolute atomic E-state index is 0.309. The Morgan fingerprint density at radius 3 is 2.69 bits per heavy atom. The van der Waals surface area contributed by atoms with Crippen molar-refractivity contribution in [2.45, 2.75) is 32.1 Å². The highest BCUT2D eigenvalue weighted by Gasteiger charge is 2.19. The molecule has 8 nitrogen and oxygen atoms in total. The molecular formula is C18H17N7O. The Kier molecular flexibility index (Phi) is 4.43. The van der Waals surface area contributed by atoms with E-state index >= 15 is 0 Å². The van der Waals surface area contributed by atoms with Gasteiger partial charge >= 0.3 is 6.01 Å². The zero-order valence-electron chi connectivity index (χ0n) is 14.1. The number of fused-ring (bicyclic) bond motifs is 1. The first-order chi connectivity index (χ1) is 12.8. The number of nitrogens with one attached hydrogen (secondary N) is 2. The summed E-state index contributed by atoms with van der Waals surface area (Å²) in [6, 6.07) is 10.1. The van der Waals surface area contributed by atoms with Crippen LogP contribution in [0.2, 0.25) is 0 Å². The lowest BCUT2D eigenvalue weighted by Crippen LogP contribution is -2.13. The Morgan fingerprint density at radius 2 is 1.92 bits per heavy atom. The first-order valence-electron chi connectivity index (χ1n) is 8.48. The van der Waals surface area contributed by atoms with Gasteiger partial charge in [-0.05, 0) is 43.4 Å². The number of rotatable bonds is 5. The Bertz CT molecular complexity index is 929. The third-order valence-corrected chi connectivity index (χ3v) is 4.26. The first-order valence-corrected chi connectivity index (χ1v) is 8.48. The summed E-state index contributed by atoms with van der Waals surface area (Å²) in [7, 11) is 0. The van der Waals surface area contributed by atoms with E-state index in [-0.39, 0.29) is 0 Å². The fourth-order valence-electron chi connectivity index (χ4n) is 3.01. The van der Waals surface area contributed by atoms with Gasteiger partial charge in [-0.2, -0.15) is 15.2 Å². The predicted octanol–water partition coefficient (Wildman–Crippen LogP) is 3.29. The lowest BCUT2D eigenvalue weighted by atomic mass is 9.96. The molecule has 1 aliphatic carbocycles. The van der Waals surface area contributed by atoms with Crippen LogP contribution in [0.1, 0.15) is 29.7 Å². The molecule has 0 aliphatic heterocycles. The van der Waals surface area contributed by atoms with Crippen LogP contribution in [0, 0.1) is 11.3 Å². The number of nitrogens with zero attached hydrogens (tertiary/aromatic N) is 5. The molecule has 0 bridgehead atoms. The molecule has 0 saturated carbocycles. The summed E-state index contributed by atoms with van der Waals surface area (Å²) in [5.41, 5.74) is 3.98. The molecule has 0 amide bonds. The minimum atomic E-state index is 0.309. The van der Waals surface area contributed by atoms with Gasteiger partial charge in [0.15, 0.2) is 6.33 Å². The third kappa shape index (κ3) is 3.47. The average molecular weight is 347 g/mol. The van der Waals surface area contributed by atoms with Crippen molar-refractivity contribution >= 4 is 23.5 Å². The molecule has 1 aliphatic rings. The summed E-state index contributed by atoms with van der Waals surface area (Å²) >= 11 is 0. The predicted molar refractivity (Wildman–Crippen MR) is 95.3 cm³/mol. The van der Waals surface area contributed by atoms with E-state index in [9.17, 15) is 0 Å². The lowest BCUT2D eigenvalue weighted by molar-refractivity contribution is 0.433. The number of hydrogen-bond donors (Lipinski definition) is 2. The molecule has 26 heavy (non-hydrogen) atoms. The van der Waals surface area contributed by atoms with Gasteiger partial charge in [-0.15, -0.1) is 0 Å². The van der Waals surface area contributed by atoms with Gasteiger partial charge in [0.1, 0.15) is 5.82 Å². The molecule has 3 aromatic rings. The maximum Gasteiger partial charge on any atom is 0.326 e. The van der Waals surface area contributed by atoms with Crippen molar-refractivity contribution in [1.82, 2.24) is 20.1 Å². The van der Waals surface area contributed by atoms with Crippen LogP contribution in [-0.2, 0) is 19.3 Å². The molecule has 2 aromatic heterocycles. The highest BCUT2D eigenvalue weighted by atomic mass is 16.5. The number of nitriles is 1. The molecule has 0 atom stereocenters. The zero-order valence-corrected chi connectivity index (χ0v) is 14.1. The van der Waals surface area contributed by atoms with Gasteiger partial charge in [-0.1, -0.05) is 17.3 Å². The van der Waals surface area contributed by atoms with Gasteiger partial charge in [0, 0.05) is 11.3 Å². The van der Waals surface area contributed by atoms with Crippen LogP contribution in [0.4, 0.5) is 23.5 Å². The van der Waals surface area contributed by atoms with Crippen molar-refractivity contribution in [2.75, 3.05) is 10.6 Å². The van der Waals surface area contributed by atoms with Crippen molar-refractivity contribution < 1.29 is 4.52 Å². The highest BCUT2D eigenvalue weighted by molar-refractivity contribution is 5.60. The van der Waals surface area contributed by atoms with Gasteiger partial charge in [-0.25, -0.2) is 4.98 Å². The standard InChI is InChI=1S/C18H17N7O/c19-10-9-12-5-7-13(8-6-12)22-17-23-15-4-2-1-3-14(15)16(24-17)25-18-20-11-21-26-18/h5-8,11H,1-4,9H2,(H2,20,21,22,23,24,25). The fourth-order valence-corrected chi connectivity index (χ4v) is 3.01. The Hall–Kier alpha value is -3.47. The molecule has 4 rings (SSSR count). The summed E-state index contributed by atoms with van der Waals surface area (Å²) < 4.78 is 5.04. The molecule has 0 spiro atoms. The van der Waals surface area contributed by atoms with E-state index in [0.717, 1.165) is 48.2 Å². The Labute approximate surface area is 150 Å². The van der Waals surface area contributed by atoms with Crippen molar-refractivity contribution in [3.8, 4) is 6.07 Å². The van der Waals surface area contributed by atoms with E-state index in [1.807, 2.05) is 24.3 Å². The third-order valence-electron chi connectivity index (χ3n) is 4.26. The average Bonchev–Trinajstić information content (AvgIpc) is 3.17. The van der Waals surface area contributed by atoms with E-state index in [1.54, 1.807) is 0 Å². The Morgan fingerprint density at radius 1 is 1.08 bits per heavy atom. The lowest BCUT2D eigenvalue weighted by Gasteiger charge is -2.19. The Balaban J connectivity index is 1.62. The molecule has 1 aromatic carbocycles. The van der Waals surface area contributed by atoms with Gasteiger partial charge in [-0.3, -0.25) is 5.32 Å². The summed E-state index contributed by atoms with van der Waals surface area (Å²) in [6.07, 6.45) is 5.82. The van der Waals surface area contributed by atoms with Crippen LogP contribution in [0.5, 0.6) is 0 Å². The van der Waals surface area contributed by atoms with E-state index in [1.165, 1.54) is 6.33 Å². The monoisotopic (exact) mass is 347 g/mol. The second-order valence-electron chi connectivity index (χ2n) is 6.06. The van der Waals surface area contributed by atoms with Gasteiger partial charge in [0.2, 0.25) is 5.95 Å². The van der Waals surface area contributed by atoms with Crippen LogP contribution in [0.25, 0.3) is 0 Å². The smallest absolute Gasteiger partial charge is 0.324 e. The summed E-state index contributed by atoms with van der Waals surface area (Å²) in [5.74, 6) is 1.21. The molecule has 0 unspecified atom stereocenters. The number of anilines is 4. The van der Waals surface area contributed by atoms with Crippen LogP contribution in [0.3, 0.4) is 0 Å². The molecule has 2 heterocycles. The van der Waals surface area contributed by atoms with E-state index in [2.05, 4.69) is 36.8 Å². The zero-order chi connectivity index (χ0) is 17.8. The number of benzene rings is 1. The summed E-state index contributed by atoms with van der Waals surface area (Å²) in [4.78, 5) is 13.3. The summed E-state index contributed by atoms with van der Waals surface area (Å²) in [6.45, 7) is 0. The molecule has 0 saturated heterocycles. The van der Waals surface area contributed by atoms with Crippen molar-refractivity contribution in [3.63, 3.8) is 0 Å². The van der Waals surface area contributed by atoms with Crippen molar-refractivity contribution in [2.24, 2.45) is 0 Å². The molecule has 0 fully saturated rings. The minimum Gasteiger partial charge on any atom is -0.324 e. The van der Waals surface area contributed by atoms with E-state index < -0.39 is 0 Å². The topological polar surface area (TPSA) is 113 Å². The molecular weight excluding hydrogens is 330 g/mol. The number of aryl methyl sites for hydroxylation is 1. The molecule has 8 heteroatoms. The van der Waals surface area contributed by atoms with Crippen LogP contribution < -0.4 is 10.6 Å². The maximum atomic E-state index is 8.76. The van der Waals surface area contributed by atoms with Crippen LogP contribution in [-0.4, -0.2) is 20.1 Å². The normalized spacial score (nSPS) is 12.9. The maximum absolute atomic E-state index is 8.76. The second-order valence-corrected chi connectivity index (χ2v) is 6.06. The second kappa shape index (κ2) is 7.19. The molecule has 130 valence electrons. The van der Waals surface area contributed by atoms with Gasteiger partial charge in [0.05, 0.1) is 18.2 Å². The van der Waals surface area contributed by atoms with E-state index in [4.69, 9.17) is 9.78 Å². The molecule has 2 N–H and O–H groups in total.